The fraction of sp³-hybridized carbons (Fsp3) is 0.267. The summed E-state index contributed by atoms with van der Waals surface area (Å²) in [5.74, 6) is -0.387. The first-order valence-corrected chi connectivity index (χ1v) is 7.99. The number of nitro groups is 1. The Morgan fingerprint density at radius 2 is 2.00 bits per heavy atom. The van der Waals surface area contributed by atoms with Crippen LogP contribution < -0.4 is 11.3 Å². The Labute approximate surface area is 140 Å². The van der Waals surface area contributed by atoms with E-state index in [2.05, 4.69) is 23.9 Å². The van der Waals surface area contributed by atoms with E-state index in [0.717, 1.165) is 10.1 Å². The van der Waals surface area contributed by atoms with E-state index >= 15 is 0 Å². The molecule has 2 heterocycles. The number of rotatable bonds is 4. The molecule has 0 unspecified atom stereocenters. The largest absolute Gasteiger partial charge is 0.378 e. The zero-order valence-electron chi connectivity index (χ0n) is 13.1. The number of aromatic nitrogens is 3. The van der Waals surface area contributed by atoms with E-state index in [1.54, 1.807) is 0 Å². The van der Waals surface area contributed by atoms with Crippen molar-refractivity contribution in [1.29, 1.82) is 0 Å². The van der Waals surface area contributed by atoms with Gasteiger partial charge in [0.1, 0.15) is 5.01 Å². The third-order valence-corrected chi connectivity index (χ3v) is 4.69. The van der Waals surface area contributed by atoms with Crippen LogP contribution in [0.25, 0.3) is 4.96 Å². The van der Waals surface area contributed by atoms with Crippen molar-refractivity contribution in [2.75, 3.05) is 5.73 Å². The minimum absolute atomic E-state index is 0.212. The predicted octanol–water partition coefficient (Wildman–Crippen LogP) is 2.16. The van der Waals surface area contributed by atoms with Crippen molar-refractivity contribution >= 4 is 27.8 Å². The van der Waals surface area contributed by atoms with Crippen molar-refractivity contribution in [2.45, 2.75) is 25.7 Å². The zero-order valence-corrected chi connectivity index (χ0v) is 13.9. The lowest BCUT2D eigenvalue weighted by Crippen LogP contribution is -2.22. The van der Waals surface area contributed by atoms with Gasteiger partial charge in [0.2, 0.25) is 10.8 Å². The van der Waals surface area contributed by atoms with Gasteiger partial charge in [-0.1, -0.05) is 55.5 Å². The summed E-state index contributed by atoms with van der Waals surface area (Å²) in [6, 6.07) is 9.93. The van der Waals surface area contributed by atoms with Crippen LogP contribution in [0.15, 0.2) is 35.1 Å². The zero-order chi connectivity index (χ0) is 17.5. The second kappa shape index (κ2) is 5.68. The highest BCUT2D eigenvalue weighted by atomic mass is 32.1. The lowest BCUT2D eigenvalue weighted by atomic mass is 9.82. The molecule has 0 aliphatic heterocycles. The Morgan fingerprint density at radius 3 is 2.62 bits per heavy atom. The normalized spacial score (nSPS) is 11.8. The predicted molar refractivity (Wildman–Crippen MR) is 91.4 cm³/mol. The van der Waals surface area contributed by atoms with Gasteiger partial charge in [-0.2, -0.15) is 14.6 Å². The van der Waals surface area contributed by atoms with Crippen LogP contribution in [0.2, 0.25) is 0 Å². The molecule has 0 fully saturated rings. The summed E-state index contributed by atoms with van der Waals surface area (Å²) >= 11 is 1.21. The molecule has 0 bridgehead atoms. The van der Waals surface area contributed by atoms with E-state index in [4.69, 9.17) is 5.73 Å². The Bertz CT molecular complexity index is 978. The summed E-state index contributed by atoms with van der Waals surface area (Å²) in [7, 11) is 0. The first-order valence-electron chi connectivity index (χ1n) is 7.18. The molecule has 0 saturated carbocycles. The number of fused-ring (bicyclic) bond motifs is 1. The highest BCUT2D eigenvalue weighted by Gasteiger charge is 2.26. The molecule has 0 atom stereocenters. The molecule has 3 aromatic rings. The maximum atomic E-state index is 12.2. The highest BCUT2D eigenvalue weighted by Crippen LogP contribution is 2.29. The Balaban J connectivity index is 2.05. The van der Waals surface area contributed by atoms with Gasteiger partial charge < -0.3 is 5.73 Å². The van der Waals surface area contributed by atoms with E-state index < -0.39 is 16.2 Å². The number of hydrogen-bond donors (Lipinski definition) is 1. The van der Waals surface area contributed by atoms with Gasteiger partial charge in [-0.3, -0.25) is 14.9 Å². The standard InChI is InChI=1S/C15H15N5O3S/c1-15(2,9-6-4-3-5-7-9)8-10-18-19-13(21)11(20(22)23)12(16)17-14(19)24-10/h3-7H,8,16H2,1-2H3. The Morgan fingerprint density at radius 1 is 1.33 bits per heavy atom. The lowest BCUT2D eigenvalue weighted by Gasteiger charge is -2.23. The molecule has 0 amide bonds. The van der Waals surface area contributed by atoms with Crippen molar-refractivity contribution in [2.24, 2.45) is 0 Å². The fourth-order valence-electron chi connectivity index (χ4n) is 2.50. The van der Waals surface area contributed by atoms with Crippen molar-refractivity contribution in [3.8, 4) is 0 Å². The SMILES string of the molecule is CC(C)(Cc1nn2c(=O)c([N+](=O)[O-])c(N)nc2s1)c1ccccc1. The summed E-state index contributed by atoms with van der Waals surface area (Å²) in [5.41, 5.74) is 4.85. The van der Waals surface area contributed by atoms with Gasteiger partial charge in [-0.25, -0.2) is 0 Å². The first-order chi connectivity index (χ1) is 11.3. The van der Waals surface area contributed by atoms with Gasteiger partial charge in [0.25, 0.3) is 0 Å². The monoisotopic (exact) mass is 345 g/mol. The van der Waals surface area contributed by atoms with Crippen LogP contribution in [0, 0.1) is 10.1 Å². The molecular weight excluding hydrogens is 330 g/mol. The molecule has 0 aliphatic rings. The first kappa shape index (κ1) is 16.1. The maximum Gasteiger partial charge on any atom is 0.377 e. The van der Waals surface area contributed by atoms with Gasteiger partial charge in [-0.15, -0.1) is 0 Å². The van der Waals surface area contributed by atoms with E-state index in [-0.39, 0.29) is 16.2 Å². The molecule has 3 rings (SSSR count). The molecule has 0 spiro atoms. The fourth-order valence-corrected chi connectivity index (χ4v) is 3.62. The average Bonchev–Trinajstić information content (AvgIpc) is 2.89. The second-order valence-corrected chi connectivity index (χ2v) is 7.07. The van der Waals surface area contributed by atoms with Crippen LogP contribution in [0.1, 0.15) is 24.4 Å². The maximum absolute atomic E-state index is 12.2. The van der Waals surface area contributed by atoms with Crippen molar-refractivity contribution < 1.29 is 4.92 Å². The molecule has 0 aliphatic carbocycles. The summed E-state index contributed by atoms with van der Waals surface area (Å²) in [5, 5.41) is 15.8. The van der Waals surface area contributed by atoms with Gasteiger partial charge in [0.15, 0.2) is 0 Å². The van der Waals surface area contributed by atoms with Crippen molar-refractivity contribution in [1.82, 2.24) is 14.6 Å². The summed E-state index contributed by atoms with van der Waals surface area (Å²) in [6.07, 6.45) is 0.568. The summed E-state index contributed by atoms with van der Waals surface area (Å²) in [4.78, 5) is 26.5. The lowest BCUT2D eigenvalue weighted by molar-refractivity contribution is -0.385. The molecule has 0 saturated heterocycles. The summed E-state index contributed by atoms with van der Waals surface area (Å²) < 4.78 is 0.954. The van der Waals surface area contributed by atoms with E-state index in [9.17, 15) is 14.9 Å². The topological polar surface area (TPSA) is 116 Å². The summed E-state index contributed by atoms with van der Waals surface area (Å²) in [6.45, 7) is 4.14. The van der Waals surface area contributed by atoms with Crippen LogP contribution in [-0.2, 0) is 11.8 Å². The molecule has 1 aromatic carbocycles. The van der Waals surface area contributed by atoms with Crippen molar-refractivity contribution in [3.05, 3.63) is 61.4 Å². The number of nitrogens with zero attached hydrogens (tertiary/aromatic N) is 4. The average molecular weight is 345 g/mol. The molecule has 2 aromatic heterocycles. The second-order valence-electron chi connectivity index (χ2n) is 6.02. The number of hydrogen-bond acceptors (Lipinski definition) is 7. The van der Waals surface area contributed by atoms with E-state index in [1.807, 2.05) is 30.3 Å². The van der Waals surface area contributed by atoms with Gasteiger partial charge in [0, 0.05) is 6.42 Å². The number of anilines is 1. The van der Waals surface area contributed by atoms with E-state index in [1.165, 1.54) is 11.3 Å². The molecular formula is C15H15N5O3S. The smallest absolute Gasteiger partial charge is 0.377 e. The van der Waals surface area contributed by atoms with E-state index in [0.29, 0.717) is 11.4 Å². The quantitative estimate of drug-likeness (QED) is 0.572. The Hall–Kier alpha value is -2.81. The number of nitrogens with two attached hydrogens (primary N) is 1. The molecule has 24 heavy (non-hydrogen) atoms. The van der Waals surface area contributed by atoms with Gasteiger partial charge >= 0.3 is 11.2 Å². The highest BCUT2D eigenvalue weighted by molar-refractivity contribution is 7.16. The molecule has 9 heteroatoms. The number of benzene rings is 1. The van der Waals surface area contributed by atoms with Gasteiger partial charge in [-0.05, 0) is 11.0 Å². The van der Waals surface area contributed by atoms with Crippen LogP contribution in [0.5, 0.6) is 0 Å². The van der Waals surface area contributed by atoms with Crippen LogP contribution in [0.3, 0.4) is 0 Å². The number of nitrogen functional groups attached to an aromatic ring is 1. The van der Waals surface area contributed by atoms with Gasteiger partial charge in [0.05, 0.1) is 4.92 Å². The van der Waals surface area contributed by atoms with Crippen LogP contribution in [-0.4, -0.2) is 19.5 Å². The van der Waals surface area contributed by atoms with Crippen LogP contribution >= 0.6 is 11.3 Å². The Kier molecular flexibility index (Phi) is 3.80. The van der Waals surface area contributed by atoms with Crippen molar-refractivity contribution in [3.63, 3.8) is 0 Å². The minimum Gasteiger partial charge on any atom is -0.378 e. The minimum atomic E-state index is -0.859. The third-order valence-electron chi connectivity index (χ3n) is 3.79. The third kappa shape index (κ3) is 2.73. The van der Waals surface area contributed by atoms with Crippen LogP contribution in [0.4, 0.5) is 11.5 Å². The molecule has 124 valence electrons. The molecule has 8 nitrogen and oxygen atoms in total. The molecule has 2 N–H and O–H groups in total. The molecule has 0 radical (unpaired) electrons.